The standard InChI is InChI=1S/C22H25Cl2NO3/c1-28-18-4-2-3-16(7-18)22(27)9-14-11-25(12-15(14)10-22)13-21(26)19-6-5-17(23)8-20(19)24/h2-8,14-15,21,26-27H,9-13H2,1H3/t14-,15+,21?,22-. The summed E-state index contributed by atoms with van der Waals surface area (Å²) in [6.07, 6.45) is 0.819. The molecule has 1 saturated carbocycles. The van der Waals surface area contributed by atoms with Crippen molar-refractivity contribution in [1.29, 1.82) is 0 Å². The molecule has 2 N–H and O–H groups in total. The topological polar surface area (TPSA) is 52.9 Å². The fourth-order valence-electron chi connectivity index (χ4n) is 4.86. The zero-order chi connectivity index (χ0) is 19.9. The van der Waals surface area contributed by atoms with Gasteiger partial charge in [-0.05, 0) is 54.5 Å². The van der Waals surface area contributed by atoms with E-state index in [2.05, 4.69) is 4.90 Å². The lowest BCUT2D eigenvalue weighted by Crippen LogP contribution is -2.31. The molecule has 150 valence electrons. The number of fused-ring (bicyclic) bond motifs is 1. The first-order valence-electron chi connectivity index (χ1n) is 9.60. The van der Waals surface area contributed by atoms with Crippen molar-refractivity contribution in [2.24, 2.45) is 11.8 Å². The van der Waals surface area contributed by atoms with Gasteiger partial charge in [-0.3, -0.25) is 4.90 Å². The van der Waals surface area contributed by atoms with Crippen LogP contribution in [0.2, 0.25) is 10.0 Å². The highest BCUT2D eigenvalue weighted by Gasteiger charge is 2.49. The molecule has 2 aromatic rings. The van der Waals surface area contributed by atoms with Crippen LogP contribution in [0.3, 0.4) is 0 Å². The monoisotopic (exact) mass is 421 g/mol. The van der Waals surface area contributed by atoms with Gasteiger partial charge in [0, 0.05) is 35.2 Å². The number of benzene rings is 2. The van der Waals surface area contributed by atoms with Crippen LogP contribution in [0.15, 0.2) is 42.5 Å². The Morgan fingerprint density at radius 2 is 1.86 bits per heavy atom. The van der Waals surface area contributed by atoms with E-state index in [0.29, 0.717) is 34.0 Å². The first-order chi connectivity index (χ1) is 13.4. The molecule has 0 spiro atoms. The molecule has 1 heterocycles. The van der Waals surface area contributed by atoms with Crippen molar-refractivity contribution < 1.29 is 14.9 Å². The number of aliphatic hydroxyl groups is 2. The first-order valence-corrected chi connectivity index (χ1v) is 10.4. The lowest BCUT2D eigenvalue weighted by atomic mass is 9.90. The number of hydrogen-bond acceptors (Lipinski definition) is 4. The van der Waals surface area contributed by atoms with E-state index in [1.165, 1.54) is 0 Å². The molecular weight excluding hydrogens is 397 g/mol. The second kappa shape index (κ2) is 7.85. The van der Waals surface area contributed by atoms with Gasteiger partial charge in [0.15, 0.2) is 0 Å². The molecule has 2 fully saturated rings. The maximum atomic E-state index is 11.2. The Kier molecular flexibility index (Phi) is 5.60. The average molecular weight is 422 g/mol. The third-order valence-corrected chi connectivity index (χ3v) is 6.77. The predicted octanol–water partition coefficient (Wildman–Crippen LogP) is 4.27. The molecule has 4 rings (SSSR count). The van der Waals surface area contributed by atoms with Gasteiger partial charge in [0.2, 0.25) is 0 Å². The zero-order valence-corrected chi connectivity index (χ0v) is 17.3. The van der Waals surface area contributed by atoms with Gasteiger partial charge in [0.25, 0.3) is 0 Å². The molecule has 2 aliphatic rings. The Morgan fingerprint density at radius 1 is 1.14 bits per heavy atom. The smallest absolute Gasteiger partial charge is 0.119 e. The van der Waals surface area contributed by atoms with Crippen LogP contribution in [0.5, 0.6) is 5.75 Å². The zero-order valence-electron chi connectivity index (χ0n) is 15.8. The lowest BCUT2D eigenvalue weighted by Gasteiger charge is -2.27. The molecule has 4 nitrogen and oxygen atoms in total. The summed E-state index contributed by atoms with van der Waals surface area (Å²) in [5.41, 5.74) is 0.838. The summed E-state index contributed by atoms with van der Waals surface area (Å²) in [4.78, 5) is 2.27. The summed E-state index contributed by atoms with van der Waals surface area (Å²) in [6, 6.07) is 12.9. The van der Waals surface area contributed by atoms with Crippen LogP contribution in [0.4, 0.5) is 0 Å². The van der Waals surface area contributed by atoms with Crippen molar-refractivity contribution in [1.82, 2.24) is 4.90 Å². The summed E-state index contributed by atoms with van der Waals surface area (Å²) >= 11 is 12.2. The number of aliphatic hydroxyl groups excluding tert-OH is 1. The van der Waals surface area contributed by atoms with Crippen LogP contribution < -0.4 is 4.74 Å². The average Bonchev–Trinajstić information content (AvgIpc) is 3.16. The summed E-state index contributed by atoms with van der Waals surface area (Å²) in [5.74, 6) is 1.61. The molecule has 6 heteroatoms. The molecule has 0 radical (unpaired) electrons. The maximum absolute atomic E-state index is 11.2. The summed E-state index contributed by atoms with van der Waals surface area (Å²) in [6.45, 7) is 2.28. The predicted molar refractivity (Wildman–Crippen MR) is 111 cm³/mol. The maximum Gasteiger partial charge on any atom is 0.119 e. The second-order valence-corrected chi connectivity index (χ2v) is 8.94. The number of likely N-dealkylation sites (tertiary alicyclic amines) is 1. The quantitative estimate of drug-likeness (QED) is 0.756. The van der Waals surface area contributed by atoms with Crippen molar-refractivity contribution in [2.75, 3.05) is 26.7 Å². The number of β-amino-alcohol motifs (C(OH)–C–C–N with tert-alkyl or cyclic N) is 1. The molecule has 1 unspecified atom stereocenters. The Morgan fingerprint density at radius 3 is 2.50 bits per heavy atom. The van der Waals surface area contributed by atoms with E-state index in [1.807, 2.05) is 24.3 Å². The van der Waals surface area contributed by atoms with Gasteiger partial charge >= 0.3 is 0 Å². The van der Waals surface area contributed by atoms with Crippen LogP contribution in [-0.4, -0.2) is 41.9 Å². The van der Waals surface area contributed by atoms with Crippen LogP contribution in [0.1, 0.15) is 30.1 Å². The van der Waals surface area contributed by atoms with Crippen LogP contribution in [0.25, 0.3) is 0 Å². The third-order valence-electron chi connectivity index (χ3n) is 6.21. The molecular formula is C22H25Cl2NO3. The molecule has 1 saturated heterocycles. The summed E-state index contributed by atoms with van der Waals surface area (Å²) in [5, 5.41) is 22.9. The second-order valence-electron chi connectivity index (χ2n) is 8.09. The third kappa shape index (κ3) is 3.89. The van der Waals surface area contributed by atoms with Gasteiger partial charge in [0.05, 0.1) is 18.8 Å². The largest absolute Gasteiger partial charge is 0.497 e. The fraction of sp³-hybridized carbons (Fsp3) is 0.455. The Labute approximate surface area is 175 Å². The van der Waals surface area contributed by atoms with Gasteiger partial charge in [-0.25, -0.2) is 0 Å². The van der Waals surface area contributed by atoms with Crippen LogP contribution in [-0.2, 0) is 5.60 Å². The lowest BCUT2D eigenvalue weighted by molar-refractivity contribution is 0.0287. The highest BCUT2D eigenvalue weighted by molar-refractivity contribution is 6.35. The minimum Gasteiger partial charge on any atom is -0.497 e. The van der Waals surface area contributed by atoms with Crippen molar-refractivity contribution in [3.05, 3.63) is 63.6 Å². The molecule has 2 aromatic carbocycles. The normalized spacial score (nSPS) is 28.3. The van der Waals surface area contributed by atoms with E-state index in [0.717, 1.165) is 37.2 Å². The Bertz CT molecular complexity index is 845. The van der Waals surface area contributed by atoms with Crippen LogP contribution >= 0.6 is 23.2 Å². The molecule has 1 aliphatic carbocycles. The van der Waals surface area contributed by atoms with Gasteiger partial charge in [-0.1, -0.05) is 41.4 Å². The number of halogens is 2. The van der Waals surface area contributed by atoms with Gasteiger partial charge in [-0.15, -0.1) is 0 Å². The Balaban J connectivity index is 1.40. The van der Waals surface area contributed by atoms with E-state index in [4.69, 9.17) is 27.9 Å². The number of methoxy groups -OCH3 is 1. The molecule has 4 atom stereocenters. The van der Waals surface area contributed by atoms with Gasteiger partial charge in [0.1, 0.15) is 5.75 Å². The van der Waals surface area contributed by atoms with E-state index in [9.17, 15) is 10.2 Å². The summed E-state index contributed by atoms with van der Waals surface area (Å²) in [7, 11) is 1.64. The van der Waals surface area contributed by atoms with E-state index >= 15 is 0 Å². The van der Waals surface area contributed by atoms with E-state index in [1.54, 1.807) is 25.3 Å². The molecule has 0 bridgehead atoms. The fourth-order valence-corrected chi connectivity index (χ4v) is 5.40. The minimum absolute atomic E-state index is 0.420. The van der Waals surface area contributed by atoms with Gasteiger partial charge < -0.3 is 14.9 Å². The highest BCUT2D eigenvalue weighted by Crippen LogP contribution is 2.49. The Hall–Kier alpha value is -1.30. The molecule has 1 aliphatic heterocycles. The summed E-state index contributed by atoms with van der Waals surface area (Å²) < 4.78 is 5.31. The SMILES string of the molecule is COc1cccc([C@]2(O)C[C@H]3CN(CC(O)c4ccc(Cl)cc4Cl)C[C@H]3C2)c1. The number of nitrogens with zero attached hydrogens (tertiary/aromatic N) is 1. The van der Waals surface area contributed by atoms with Gasteiger partial charge in [-0.2, -0.15) is 0 Å². The van der Waals surface area contributed by atoms with Crippen molar-refractivity contribution >= 4 is 23.2 Å². The van der Waals surface area contributed by atoms with E-state index < -0.39 is 11.7 Å². The molecule has 28 heavy (non-hydrogen) atoms. The van der Waals surface area contributed by atoms with Crippen molar-refractivity contribution in [2.45, 2.75) is 24.5 Å². The molecule has 0 aromatic heterocycles. The van der Waals surface area contributed by atoms with Crippen molar-refractivity contribution in [3.63, 3.8) is 0 Å². The number of hydrogen-bond donors (Lipinski definition) is 2. The highest BCUT2D eigenvalue weighted by atomic mass is 35.5. The van der Waals surface area contributed by atoms with Crippen LogP contribution in [0, 0.1) is 11.8 Å². The number of ether oxygens (including phenoxy) is 1. The van der Waals surface area contributed by atoms with E-state index in [-0.39, 0.29) is 0 Å². The number of rotatable bonds is 5. The minimum atomic E-state index is -0.798. The van der Waals surface area contributed by atoms with Crippen molar-refractivity contribution in [3.8, 4) is 5.75 Å². The first kappa shape index (κ1) is 20.0. The molecule has 0 amide bonds.